The lowest BCUT2D eigenvalue weighted by Gasteiger charge is -2.31. The lowest BCUT2D eigenvalue weighted by Crippen LogP contribution is -2.39. The van der Waals surface area contributed by atoms with Gasteiger partial charge in [0.25, 0.3) is 0 Å². The van der Waals surface area contributed by atoms with Gasteiger partial charge in [-0.1, -0.05) is 121 Å². The van der Waals surface area contributed by atoms with Gasteiger partial charge in [-0.3, -0.25) is 9.59 Å². The molecule has 0 radical (unpaired) electrons. The van der Waals surface area contributed by atoms with Crippen LogP contribution in [0.3, 0.4) is 0 Å². The minimum absolute atomic E-state index is 0.175. The average Bonchev–Trinajstić information content (AvgIpc) is 2.96. The Morgan fingerprint density at radius 1 is 0.514 bits per heavy atom. The predicted octanol–water partition coefficient (Wildman–Crippen LogP) is 6.73. The summed E-state index contributed by atoms with van der Waals surface area (Å²) < 4.78 is 0. The van der Waals surface area contributed by atoms with Crippen LogP contribution in [0, 0.1) is 0 Å². The number of likely N-dealkylation sites (tertiary alicyclic amines) is 1. The van der Waals surface area contributed by atoms with Crippen LogP contribution in [0.2, 0.25) is 0 Å². The van der Waals surface area contributed by atoms with Crippen molar-refractivity contribution in [2.45, 2.75) is 31.1 Å². The molecule has 1 aliphatic rings. The number of aliphatic carboxylic acids is 1. The number of nitrogens with zero attached hydrogens (tertiary/aromatic N) is 1. The molecule has 1 heterocycles. The summed E-state index contributed by atoms with van der Waals surface area (Å²) in [6.45, 7) is 1.80. The largest absolute Gasteiger partial charge is 0.481 e. The van der Waals surface area contributed by atoms with Crippen LogP contribution >= 0.6 is 0 Å². The second-order valence-electron chi connectivity index (χ2n) is 9.23. The molecule has 4 aromatic carbocycles. The normalized spacial score (nSPS) is 13.1. The number of carboxylic acids is 1. The quantitative estimate of drug-likeness (QED) is 0.325. The summed E-state index contributed by atoms with van der Waals surface area (Å²) in [5, 5.41) is 9.28. The summed E-state index contributed by atoms with van der Waals surface area (Å²) in [5.74, 6) is -1.34. The van der Waals surface area contributed by atoms with E-state index in [-0.39, 0.29) is 11.8 Å². The van der Waals surface area contributed by atoms with Crippen molar-refractivity contribution < 1.29 is 14.7 Å². The Hall–Kier alpha value is -4.18. The van der Waals surface area contributed by atoms with Gasteiger partial charge in [-0.05, 0) is 41.5 Å². The van der Waals surface area contributed by atoms with Crippen LogP contribution in [0.5, 0.6) is 0 Å². The van der Waals surface area contributed by atoms with Crippen molar-refractivity contribution in [3.05, 3.63) is 144 Å². The molecule has 0 saturated carbocycles. The lowest BCUT2D eigenvalue weighted by molar-refractivity contribution is -0.137. The van der Waals surface area contributed by atoms with E-state index in [1.54, 1.807) is 0 Å². The van der Waals surface area contributed by atoms with Crippen molar-refractivity contribution in [3.63, 3.8) is 0 Å². The highest BCUT2D eigenvalue weighted by molar-refractivity contribution is 5.87. The number of amides is 1. The fourth-order valence-corrected chi connectivity index (χ4v) is 4.83. The monoisotopic (exact) mass is 491 g/mol. The minimum atomic E-state index is -0.822. The van der Waals surface area contributed by atoms with Crippen LogP contribution in [0.4, 0.5) is 0 Å². The Bertz CT molecular complexity index is 1160. The average molecular weight is 492 g/mol. The maximum absolute atomic E-state index is 13.0. The number of carbonyl (C=O) groups is 2. The van der Waals surface area contributed by atoms with Crippen LogP contribution in [0.25, 0.3) is 0 Å². The van der Waals surface area contributed by atoms with Crippen LogP contribution in [-0.2, 0) is 9.59 Å². The summed E-state index contributed by atoms with van der Waals surface area (Å²) in [4.78, 5) is 26.4. The van der Waals surface area contributed by atoms with Crippen molar-refractivity contribution in [2.75, 3.05) is 13.1 Å². The molecule has 0 atom stereocenters. The Labute approximate surface area is 219 Å². The van der Waals surface area contributed by atoms with Gasteiger partial charge in [-0.2, -0.15) is 0 Å². The minimum Gasteiger partial charge on any atom is -0.481 e. The number of carboxylic acid groups (broad SMARTS) is 1. The molecule has 4 nitrogen and oxygen atoms in total. The Balaban J connectivity index is 0.000000180. The molecule has 5 rings (SSSR count). The van der Waals surface area contributed by atoms with Crippen LogP contribution in [0.1, 0.15) is 53.4 Å². The number of hydrogen-bond donors (Lipinski definition) is 1. The smallest absolute Gasteiger partial charge is 0.315 e. The van der Waals surface area contributed by atoms with Crippen LogP contribution < -0.4 is 0 Å². The molecule has 0 aromatic heterocycles. The fourth-order valence-electron chi connectivity index (χ4n) is 4.83. The molecule has 188 valence electrons. The topological polar surface area (TPSA) is 57.6 Å². The molecular weight excluding hydrogens is 458 g/mol. The second-order valence-corrected chi connectivity index (χ2v) is 9.23. The van der Waals surface area contributed by atoms with Crippen LogP contribution in [0.15, 0.2) is 121 Å². The third-order valence-corrected chi connectivity index (χ3v) is 6.69. The maximum Gasteiger partial charge on any atom is 0.315 e. The molecule has 0 bridgehead atoms. The molecular formula is C33H33NO3. The van der Waals surface area contributed by atoms with Crippen LogP contribution in [-0.4, -0.2) is 35.0 Å². The van der Waals surface area contributed by atoms with Crippen molar-refractivity contribution in [2.24, 2.45) is 0 Å². The van der Waals surface area contributed by atoms with E-state index in [0.29, 0.717) is 0 Å². The Morgan fingerprint density at radius 2 is 0.838 bits per heavy atom. The van der Waals surface area contributed by atoms with Crippen molar-refractivity contribution in [1.29, 1.82) is 0 Å². The zero-order valence-corrected chi connectivity index (χ0v) is 20.9. The summed E-state index contributed by atoms with van der Waals surface area (Å²) in [6, 6.07) is 38.8. The van der Waals surface area contributed by atoms with E-state index in [2.05, 4.69) is 24.3 Å². The number of carbonyl (C=O) groups excluding carboxylic acids is 1. The van der Waals surface area contributed by atoms with E-state index in [9.17, 15) is 14.7 Å². The lowest BCUT2D eigenvalue weighted by atomic mass is 9.89. The molecule has 1 fully saturated rings. The van der Waals surface area contributed by atoms with E-state index in [1.807, 2.05) is 102 Å². The predicted molar refractivity (Wildman–Crippen MR) is 148 cm³/mol. The standard InChI is InChI=1S/C19H21NO.C14H12O2/c21-19(20-14-8-3-9-15-20)18(16-10-4-1-5-11-16)17-12-6-2-7-13-17;15-14(16)13(11-7-3-1-4-8-11)12-9-5-2-6-10-12/h1-2,4-7,10-13,18H,3,8-9,14-15H2;1-10,13H,(H,15,16). The Kier molecular flexibility index (Phi) is 9.25. The zero-order chi connectivity index (χ0) is 25.9. The molecule has 0 aliphatic carbocycles. The molecule has 37 heavy (non-hydrogen) atoms. The van der Waals surface area contributed by atoms with Gasteiger partial charge in [0.15, 0.2) is 0 Å². The van der Waals surface area contributed by atoms with Crippen molar-refractivity contribution in [3.8, 4) is 0 Å². The third-order valence-electron chi connectivity index (χ3n) is 6.69. The van der Waals surface area contributed by atoms with Gasteiger partial charge >= 0.3 is 5.97 Å². The molecule has 1 N–H and O–H groups in total. The number of benzene rings is 4. The first-order valence-electron chi connectivity index (χ1n) is 12.9. The molecule has 0 spiro atoms. The van der Waals surface area contributed by atoms with Gasteiger partial charge in [0.1, 0.15) is 5.92 Å². The van der Waals surface area contributed by atoms with Gasteiger partial charge in [0.05, 0.1) is 5.92 Å². The van der Waals surface area contributed by atoms with Crippen molar-refractivity contribution >= 4 is 11.9 Å². The van der Waals surface area contributed by atoms with E-state index >= 15 is 0 Å². The van der Waals surface area contributed by atoms with E-state index in [1.165, 1.54) is 6.42 Å². The SMILES string of the molecule is O=C(C(c1ccccc1)c1ccccc1)N1CCCCC1.O=C(O)C(c1ccccc1)c1ccccc1. The molecule has 1 amide bonds. The second kappa shape index (κ2) is 13.2. The van der Waals surface area contributed by atoms with E-state index < -0.39 is 11.9 Å². The van der Waals surface area contributed by atoms with Gasteiger partial charge < -0.3 is 10.0 Å². The first-order valence-corrected chi connectivity index (χ1v) is 12.9. The zero-order valence-electron chi connectivity index (χ0n) is 20.9. The van der Waals surface area contributed by atoms with E-state index in [0.717, 1.165) is 48.2 Å². The summed E-state index contributed by atoms with van der Waals surface area (Å²) in [7, 11) is 0. The van der Waals surface area contributed by atoms with E-state index in [4.69, 9.17) is 0 Å². The van der Waals surface area contributed by atoms with Crippen molar-refractivity contribution in [1.82, 2.24) is 4.90 Å². The highest BCUT2D eigenvalue weighted by atomic mass is 16.4. The summed E-state index contributed by atoms with van der Waals surface area (Å²) >= 11 is 0. The third kappa shape index (κ3) is 6.95. The highest BCUT2D eigenvalue weighted by Gasteiger charge is 2.28. The molecule has 1 saturated heterocycles. The first-order chi connectivity index (χ1) is 18.1. The van der Waals surface area contributed by atoms with Gasteiger partial charge in [-0.25, -0.2) is 0 Å². The number of piperidine rings is 1. The highest BCUT2D eigenvalue weighted by Crippen LogP contribution is 2.28. The van der Waals surface area contributed by atoms with Gasteiger partial charge in [0.2, 0.25) is 5.91 Å². The number of hydrogen-bond acceptors (Lipinski definition) is 2. The Morgan fingerprint density at radius 3 is 1.16 bits per heavy atom. The maximum atomic E-state index is 13.0. The molecule has 1 aliphatic heterocycles. The first kappa shape index (κ1) is 25.9. The van der Waals surface area contributed by atoms with Gasteiger partial charge in [0, 0.05) is 13.1 Å². The molecule has 0 unspecified atom stereocenters. The van der Waals surface area contributed by atoms with Gasteiger partial charge in [-0.15, -0.1) is 0 Å². The molecule has 4 heteroatoms. The summed E-state index contributed by atoms with van der Waals surface area (Å²) in [6.07, 6.45) is 3.50. The fraction of sp³-hybridized carbons (Fsp3) is 0.212. The number of rotatable bonds is 6. The summed E-state index contributed by atoms with van der Waals surface area (Å²) in [5.41, 5.74) is 3.78. The molecule has 4 aromatic rings.